The highest BCUT2D eigenvalue weighted by atomic mass is 32.2. The van der Waals surface area contributed by atoms with E-state index in [2.05, 4.69) is 10.3 Å². The van der Waals surface area contributed by atoms with Gasteiger partial charge < -0.3 is 15.0 Å². The summed E-state index contributed by atoms with van der Waals surface area (Å²) >= 11 is 1.11. The summed E-state index contributed by atoms with van der Waals surface area (Å²) in [5, 5.41) is 12.0. The largest absolute Gasteiger partial charge is 0.481 e. The lowest BCUT2D eigenvalue weighted by atomic mass is 10.3. The van der Waals surface area contributed by atoms with E-state index in [0.717, 1.165) is 17.5 Å². The number of aromatic nitrogens is 2. The molecule has 0 bridgehead atoms. The van der Waals surface area contributed by atoms with Crippen molar-refractivity contribution in [3.05, 3.63) is 11.9 Å². The number of likely N-dealkylation sites (N-methyl/N-ethyl adjacent to an activating group) is 1. The summed E-state index contributed by atoms with van der Waals surface area (Å²) < 4.78 is 1.75. The highest BCUT2D eigenvalue weighted by molar-refractivity contribution is 7.99. The summed E-state index contributed by atoms with van der Waals surface area (Å²) in [5.74, 6) is -1.08. The number of thioether (sulfide) groups is 1. The molecule has 18 heavy (non-hydrogen) atoms. The molecule has 2 N–H and O–H groups in total. The van der Waals surface area contributed by atoms with Gasteiger partial charge in [-0.15, -0.1) is 0 Å². The van der Waals surface area contributed by atoms with Crippen LogP contribution < -0.4 is 5.32 Å². The molecule has 6 nitrogen and oxygen atoms in total. The van der Waals surface area contributed by atoms with Crippen LogP contribution in [0.25, 0.3) is 0 Å². The quantitative estimate of drug-likeness (QED) is 0.756. The molecule has 0 aromatic carbocycles. The van der Waals surface area contributed by atoms with E-state index in [1.165, 1.54) is 0 Å². The van der Waals surface area contributed by atoms with Crippen LogP contribution in [0.2, 0.25) is 0 Å². The summed E-state index contributed by atoms with van der Waals surface area (Å²) in [6.45, 7) is 6.03. The molecule has 1 rings (SSSR count). The molecular formula is C11H17N3O3S. The fourth-order valence-corrected chi connectivity index (χ4v) is 2.39. The number of carboxylic acids is 1. The first kappa shape index (κ1) is 14.6. The zero-order valence-electron chi connectivity index (χ0n) is 10.6. The Kier molecular flexibility index (Phi) is 5.21. The molecule has 0 saturated heterocycles. The summed E-state index contributed by atoms with van der Waals surface area (Å²) in [5.41, 5.74) is 0.835. The van der Waals surface area contributed by atoms with Gasteiger partial charge in [-0.25, -0.2) is 4.98 Å². The number of hydrogen-bond acceptors (Lipinski definition) is 4. The van der Waals surface area contributed by atoms with Gasteiger partial charge in [-0.2, -0.15) is 0 Å². The van der Waals surface area contributed by atoms with Crippen LogP contribution in [0.1, 0.15) is 25.6 Å². The van der Waals surface area contributed by atoms with Crippen LogP contribution in [0.15, 0.2) is 11.4 Å². The molecular weight excluding hydrogens is 254 g/mol. The highest BCUT2D eigenvalue weighted by Crippen LogP contribution is 2.22. The van der Waals surface area contributed by atoms with Crippen LogP contribution in [-0.2, 0) is 9.59 Å². The van der Waals surface area contributed by atoms with E-state index in [1.807, 2.05) is 13.8 Å². The van der Waals surface area contributed by atoms with Crippen molar-refractivity contribution in [1.82, 2.24) is 14.9 Å². The molecule has 0 saturated carbocycles. The van der Waals surface area contributed by atoms with Gasteiger partial charge in [0.1, 0.15) is 6.04 Å². The van der Waals surface area contributed by atoms with Crippen molar-refractivity contribution < 1.29 is 14.7 Å². The average Bonchev–Trinajstić information content (AvgIpc) is 2.67. The third-order valence-corrected chi connectivity index (χ3v) is 3.34. The molecule has 1 aromatic rings. The number of aryl methyl sites for hydroxylation is 1. The van der Waals surface area contributed by atoms with Crippen molar-refractivity contribution >= 4 is 23.6 Å². The number of amides is 1. The van der Waals surface area contributed by atoms with Gasteiger partial charge in [0.05, 0.1) is 5.75 Å². The topological polar surface area (TPSA) is 84.2 Å². The minimum Gasteiger partial charge on any atom is -0.481 e. The van der Waals surface area contributed by atoms with Crippen LogP contribution in [-0.4, -0.2) is 38.8 Å². The number of hydrogen-bond donors (Lipinski definition) is 2. The Bertz CT molecular complexity index is 445. The molecule has 7 heteroatoms. The Hall–Kier alpha value is -1.50. The predicted molar refractivity (Wildman–Crippen MR) is 68.7 cm³/mol. The molecule has 1 atom stereocenters. The number of imidazole rings is 1. The van der Waals surface area contributed by atoms with Crippen LogP contribution >= 0.6 is 11.8 Å². The molecule has 1 aromatic heterocycles. The van der Waals surface area contributed by atoms with Crippen LogP contribution in [0.3, 0.4) is 0 Å². The van der Waals surface area contributed by atoms with E-state index in [1.54, 1.807) is 17.7 Å². The van der Waals surface area contributed by atoms with Crippen molar-refractivity contribution in [1.29, 1.82) is 0 Å². The van der Waals surface area contributed by atoms with Gasteiger partial charge in [0.15, 0.2) is 5.16 Å². The second-order valence-electron chi connectivity index (χ2n) is 3.81. The first-order chi connectivity index (χ1) is 8.47. The minimum absolute atomic E-state index is 0.0709. The third kappa shape index (κ3) is 3.49. The van der Waals surface area contributed by atoms with Crippen molar-refractivity contribution in [3.8, 4) is 0 Å². The van der Waals surface area contributed by atoms with Crippen molar-refractivity contribution in [2.45, 2.75) is 32.0 Å². The number of carbonyl (C=O) groups is 2. The Balaban J connectivity index is 2.89. The molecule has 0 aliphatic heterocycles. The molecule has 0 spiro atoms. The number of nitrogens with zero attached hydrogens (tertiary/aromatic N) is 2. The first-order valence-electron chi connectivity index (χ1n) is 5.63. The smallest absolute Gasteiger partial charge is 0.313 e. The van der Waals surface area contributed by atoms with E-state index < -0.39 is 12.0 Å². The third-order valence-electron chi connectivity index (χ3n) is 2.39. The Morgan fingerprint density at radius 2 is 2.28 bits per heavy atom. The Labute approximate surface area is 110 Å². The zero-order valence-corrected chi connectivity index (χ0v) is 11.5. The lowest BCUT2D eigenvalue weighted by Gasteiger charge is -2.17. The van der Waals surface area contributed by atoms with Gasteiger partial charge in [0, 0.05) is 18.4 Å². The monoisotopic (exact) mass is 271 g/mol. The second-order valence-corrected chi connectivity index (χ2v) is 4.75. The van der Waals surface area contributed by atoms with Crippen LogP contribution in [0, 0.1) is 6.92 Å². The molecule has 1 unspecified atom stereocenters. The first-order valence-corrected chi connectivity index (χ1v) is 6.62. The molecule has 1 amide bonds. The van der Waals surface area contributed by atoms with Crippen molar-refractivity contribution in [2.24, 2.45) is 0 Å². The van der Waals surface area contributed by atoms with Gasteiger partial charge in [0.25, 0.3) is 0 Å². The predicted octanol–water partition coefficient (Wildman–Crippen LogP) is 1.07. The molecule has 100 valence electrons. The van der Waals surface area contributed by atoms with E-state index >= 15 is 0 Å². The zero-order chi connectivity index (χ0) is 13.7. The minimum atomic E-state index is -0.905. The Morgan fingerprint density at radius 3 is 2.83 bits per heavy atom. The number of aliphatic carboxylic acids is 1. The van der Waals surface area contributed by atoms with E-state index in [4.69, 9.17) is 5.11 Å². The molecule has 1 heterocycles. The van der Waals surface area contributed by atoms with Crippen molar-refractivity contribution in [3.63, 3.8) is 0 Å². The lowest BCUT2D eigenvalue weighted by molar-refractivity contribution is -0.133. The second kappa shape index (κ2) is 6.44. The van der Waals surface area contributed by atoms with Crippen LogP contribution in [0.4, 0.5) is 0 Å². The van der Waals surface area contributed by atoms with Gasteiger partial charge in [-0.05, 0) is 20.8 Å². The summed E-state index contributed by atoms with van der Waals surface area (Å²) in [6.07, 6.45) is 1.64. The maximum Gasteiger partial charge on any atom is 0.313 e. The number of carboxylic acid groups (broad SMARTS) is 1. The average molecular weight is 271 g/mol. The highest BCUT2D eigenvalue weighted by Gasteiger charge is 2.20. The molecule has 0 aliphatic carbocycles. The maximum absolute atomic E-state index is 11.8. The molecule has 0 aliphatic rings. The summed E-state index contributed by atoms with van der Waals surface area (Å²) in [6, 6.07) is -0.399. The number of rotatable bonds is 6. The van der Waals surface area contributed by atoms with Gasteiger partial charge in [-0.3, -0.25) is 9.59 Å². The van der Waals surface area contributed by atoms with Gasteiger partial charge in [0.2, 0.25) is 5.91 Å². The molecule has 0 radical (unpaired) electrons. The summed E-state index contributed by atoms with van der Waals surface area (Å²) in [4.78, 5) is 26.5. The van der Waals surface area contributed by atoms with Gasteiger partial charge in [-0.1, -0.05) is 11.8 Å². The lowest BCUT2D eigenvalue weighted by Crippen LogP contribution is -2.31. The molecule has 0 fully saturated rings. The normalized spacial score (nSPS) is 12.2. The van der Waals surface area contributed by atoms with Crippen LogP contribution in [0.5, 0.6) is 0 Å². The van der Waals surface area contributed by atoms with Crippen molar-refractivity contribution in [2.75, 3.05) is 12.3 Å². The SMILES string of the molecule is CCNC(=O)C(C)n1c(C)cnc1SCC(=O)O. The van der Waals surface area contributed by atoms with E-state index in [9.17, 15) is 9.59 Å². The van der Waals surface area contributed by atoms with E-state index in [0.29, 0.717) is 11.7 Å². The van der Waals surface area contributed by atoms with Gasteiger partial charge >= 0.3 is 5.97 Å². The Morgan fingerprint density at radius 1 is 1.61 bits per heavy atom. The maximum atomic E-state index is 11.8. The summed E-state index contributed by atoms with van der Waals surface area (Å²) in [7, 11) is 0. The fourth-order valence-electron chi connectivity index (χ4n) is 1.57. The van der Waals surface area contributed by atoms with E-state index in [-0.39, 0.29) is 11.7 Å². The number of nitrogens with one attached hydrogen (secondary N) is 1. The number of carbonyl (C=O) groups excluding carboxylic acids is 1. The fraction of sp³-hybridized carbons (Fsp3) is 0.545. The standard InChI is InChI=1S/C11H17N3O3S/c1-4-12-10(17)8(3)14-7(2)5-13-11(14)18-6-9(15)16/h5,8H,4,6H2,1-3H3,(H,12,17)(H,15,16).